The molecule has 120 valence electrons. The van der Waals surface area contributed by atoms with Gasteiger partial charge in [0.05, 0.1) is 11.3 Å². The average Bonchev–Trinajstić information content (AvgIpc) is 2.49. The van der Waals surface area contributed by atoms with Crippen LogP contribution in [0, 0.1) is 12.7 Å². The molecule has 5 nitrogen and oxygen atoms in total. The second kappa shape index (κ2) is 6.87. The molecule has 2 amide bonds. The number of carbonyl (C=O) groups is 2. The minimum Gasteiger partial charge on any atom is -0.388 e. The zero-order chi connectivity index (χ0) is 16.2. The average molecular weight is 308 g/mol. The minimum atomic E-state index is -0.942. The van der Waals surface area contributed by atoms with Crippen LogP contribution in [0.15, 0.2) is 18.2 Å². The normalized spacial score (nSPS) is 16.9. The Labute approximate surface area is 128 Å². The van der Waals surface area contributed by atoms with Crippen molar-refractivity contribution < 1.29 is 19.1 Å². The zero-order valence-electron chi connectivity index (χ0n) is 12.6. The fourth-order valence-electron chi connectivity index (χ4n) is 2.63. The summed E-state index contributed by atoms with van der Waals surface area (Å²) in [6, 6.07) is 4.26. The lowest BCUT2D eigenvalue weighted by Gasteiger charge is -2.31. The molecule has 0 radical (unpaired) electrons. The fraction of sp³-hybridized carbons (Fsp3) is 0.500. The van der Waals surface area contributed by atoms with Crippen molar-refractivity contribution in [1.29, 1.82) is 0 Å². The molecule has 0 heterocycles. The maximum Gasteiger partial charge on any atom is 0.313 e. The molecule has 0 aliphatic heterocycles. The molecular formula is C16H21FN2O3. The van der Waals surface area contributed by atoms with Gasteiger partial charge in [-0.3, -0.25) is 9.59 Å². The Morgan fingerprint density at radius 1 is 1.23 bits per heavy atom. The van der Waals surface area contributed by atoms with Gasteiger partial charge >= 0.3 is 11.8 Å². The third-order valence-electron chi connectivity index (χ3n) is 3.94. The standard InChI is InChI=1S/C16H21FN2O3/c1-11-5-6-12(17)13(9-11)19-15(21)14(20)18-10-16(22)7-3-2-4-8-16/h5-6,9,22H,2-4,7-8,10H2,1H3,(H,18,20)(H,19,21). The number of halogens is 1. The van der Waals surface area contributed by atoms with E-state index in [2.05, 4.69) is 10.6 Å². The lowest BCUT2D eigenvalue weighted by molar-refractivity contribution is -0.137. The van der Waals surface area contributed by atoms with E-state index >= 15 is 0 Å². The van der Waals surface area contributed by atoms with E-state index in [0.717, 1.165) is 24.8 Å². The number of aliphatic hydroxyl groups is 1. The van der Waals surface area contributed by atoms with Crippen LogP contribution in [-0.2, 0) is 9.59 Å². The number of hydrogen-bond donors (Lipinski definition) is 3. The van der Waals surface area contributed by atoms with Crippen LogP contribution in [0.2, 0.25) is 0 Å². The van der Waals surface area contributed by atoms with Crippen LogP contribution in [0.1, 0.15) is 37.7 Å². The number of amides is 2. The van der Waals surface area contributed by atoms with Crippen LogP contribution < -0.4 is 10.6 Å². The molecule has 0 bridgehead atoms. The van der Waals surface area contributed by atoms with Crippen molar-refractivity contribution in [3.63, 3.8) is 0 Å². The second-order valence-electron chi connectivity index (χ2n) is 5.91. The summed E-state index contributed by atoms with van der Waals surface area (Å²) in [5.41, 5.74) is -0.201. The molecule has 0 saturated heterocycles. The number of carbonyl (C=O) groups excluding carboxylic acids is 2. The third kappa shape index (κ3) is 4.27. The number of hydrogen-bond acceptors (Lipinski definition) is 3. The van der Waals surface area contributed by atoms with Crippen molar-refractivity contribution in [1.82, 2.24) is 5.32 Å². The Kier molecular flexibility index (Phi) is 5.13. The molecule has 2 rings (SSSR count). The van der Waals surface area contributed by atoms with E-state index in [-0.39, 0.29) is 12.2 Å². The highest BCUT2D eigenvalue weighted by Crippen LogP contribution is 2.27. The third-order valence-corrected chi connectivity index (χ3v) is 3.94. The highest BCUT2D eigenvalue weighted by Gasteiger charge is 2.30. The van der Waals surface area contributed by atoms with Gasteiger partial charge in [-0.15, -0.1) is 0 Å². The van der Waals surface area contributed by atoms with Crippen LogP contribution in [-0.4, -0.2) is 29.1 Å². The maximum absolute atomic E-state index is 13.5. The van der Waals surface area contributed by atoms with Gasteiger partial charge < -0.3 is 15.7 Å². The van der Waals surface area contributed by atoms with Gasteiger partial charge in [-0.2, -0.15) is 0 Å². The van der Waals surface area contributed by atoms with E-state index < -0.39 is 23.2 Å². The molecule has 1 aromatic rings. The number of rotatable bonds is 3. The van der Waals surface area contributed by atoms with Crippen LogP contribution in [0.5, 0.6) is 0 Å². The lowest BCUT2D eigenvalue weighted by Crippen LogP contribution is -2.47. The van der Waals surface area contributed by atoms with Crippen LogP contribution >= 0.6 is 0 Å². The summed E-state index contributed by atoms with van der Waals surface area (Å²) in [5.74, 6) is -2.42. The highest BCUT2D eigenvalue weighted by molar-refractivity contribution is 6.39. The summed E-state index contributed by atoms with van der Waals surface area (Å²) >= 11 is 0. The quantitative estimate of drug-likeness (QED) is 0.746. The molecule has 1 aliphatic carbocycles. The zero-order valence-corrected chi connectivity index (χ0v) is 12.6. The molecule has 0 atom stereocenters. The number of anilines is 1. The number of benzene rings is 1. The molecule has 3 N–H and O–H groups in total. The van der Waals surface area contributed by atoms with Crippen LogP contribution in [0.4, 0.5) is 10.1 Å². The van der Waals surface area contributed by atoms with Crippen molar-refractivity contribution in [2.45, 2.75) is 44.6 Å². The summed E-state index contributed by atoms with van der Waals surface area (Å²) < 4.78 is 13.5. The Morgan fingerprint density at radius 3 is 2.59 bits per heavy atom. The SMILES string of the molecule is Cc1ccc(F)c(NC(=O)C(=O)NCC2(O)CCCCC2)c1. The molecular weight excluding hydrogens is 287 g/mol. The molecule has 0 aromatic heterocycles. The molecule has 1 aromatic carbocycles. The molecule has 0 spiro atoms. The molecule has 0 unspecified atom stereocenters. The van der Waals surface area contributed by atoms with Gasteiger partial charge in [0.25, 0.3) is 0 Å². The van der Waals surface area contributed by atoms with Crippen molar-refractivity contribution in [3.8, 4) is 0 Å². The van der Waals surface area contributed by atoms with E-state index in [1.165, 1.54) is 12.1 Å². The summed E-state index contributed by atoms with van der Waals surface area (Å²) in [6.45, 7) is 1.79. The van der Waals surface area contributed by atoms with E-state index in [1.807, 2.05) is 0 Å². The lowest BCUT2D eigenvalue weighted by atomic mass is 9.85. The van der Waals surface area contributed by atoms with E-state index in [0.29, 0.717) is 12.8 Å². The summed E-state index contributed by atoms with van der Waals surface area (Å²) in [7, 11) is 0. The van der Waals surface area contributed by atoms with Crippen molar-refractivity contribution in [3.05, 3.63) is 29.6 Å². The summed E-state index contributed by atoms with van der Waals surface area (Å²) in [6.07, 6.45) is 4.12. The first-order valence-corrected chi connectivity index (χ1v) is 7.47. The maximum atomic E-state index is 13.5. The summed E-state index contributed by atoms with van der Waals surface area (Å²) in [5, 5.41) is 14.9. The highest BCUT2D eigenvalue weighted by atomic mass is 19.1. The molecule has 1 aliphatic rings. The van der Waals surface area contributed by atoms with Crippen molar-refractivity contribution in [2.24, 2.45) is 0 Å². The topological polar surface area (TPSA) is 78.4 Å². The minimum absolute atomic E-state index is 0.0310. The first-order valence-electron chi connectivity index (χ1n) is 7.47. The fourth-order valence-corrected chi connectivity index (χ4v) is 2.63. The molecule has 1 saturated carbocycles. The van der Waals surface area contributed by atoms with Crippen molar-refractivity contribution in [2.75, 3.05) is 11.9 Å². The first kappa shape index (κ1) is 16.4. The molecule has 1 fully saturated rings. The van der Waals surface area contributed by atoms with Gasteiger partial charge in [0.2, 0.25) is 0 Å². The summed E-state index contributed by atoms with van der Waals surface area (Å²) in [4.78, 5) is 23.6. The predicted molar refractivity (Wildman–Crippen MR) is 80.8 cm³/mol. The van der Waals surface area contributed by atoms with Gasteiger partial charge in [-0.05, 0) is 37.5 Å². The van der Waals surface area contributed by atoms with Crippen molar-refractivity contribution >= 4 is 17.5 Å². The number of nitrogens with one attached hydrogen (secondary N) is 2. The second-order valence-corrected chi connectivity index (χ2v) is 5.91. The monoisotopic (exact) mass is 308 g/mol. The predicted octanol–water partition coefficient (Wildman–Crippen LogP) is 1.88. The van der Waals surface area contributed by atoms with E-state index in [4.69, 9.17) is 0 Å². The Morgan fingerprint density at radius 2 is 1.91 bits per heavy atom. The van der Waals surface area contributed by atoms with Gasteiger partial charge in [0.1, 0.15) is 5.82 Å². The van der Waals surface area contributed by atoms with E-state index in [9.17, 15) is 19.1 Å². The first-order chi connectivity index (χ1) is 10.4. The Hall–Kier alpha value is -1.95. The van der Waals surface area contributed by atoms with Gasteiger partial charge in [-0.1, -0.05) is 25.3 Å². The Balaban J connectivity index is 1.89. The largest absolute Gasteiger partial charge is 0.388 e. The van der Waals surface area contributed by atoms with Crippen LogP contribution in [0.25, 0.3) is 0 Å². The van der Waals surface area contributed by atoms with E-state index in [1.54, 1.807) is 13.0 Å². The smallest absolute Gasteiger partial charge is 0.313 e. The van der Waals surface area contributed by atoms with Gasteiger partial charge in [0.15, 0.2) is 0 Å². The van der Waals surface area contributed by atoms with Gasteiger partial charge in [0, 0.05) is 6.54 Å². The number of aryl methyl sites for hydroxylation is 1. The molecule has 6 heteroatoms. The Bertz CT molecular complexity index is 569. The molecule has 22 heavy (non-hydrogen) atoms. The van der Waals surface area contributed by atoms with Gasteiger partial charge in [-0.25, -0.2) is 4.39 Å². The van der Waals surface area contributed by atoms with Crippen LogP contribution in [0.3, 0.4) is 0 Å².